The van der Waals surface area contributed by atoms with Crippen molar-refractivity contribution in [3.8, 4) is 0 Å². The minimum atomic E-state index is -0.239. The summed E-state index contributed by atoms with van der Waals surface area (Å²) >= 11 is 0. The van der Waals surface area contributed by atoms with E-state index in [1.807, 2.05) is 7.05 Å². The molecule has 0 unspecified atom stereocenters. The average molecular weight is 201 g/mol. The van der Waals surface area contributed by atoms with Crippen molar-refractivity contribution in [2.45, 2.75) is 19.1 Å². The van der Waals surface area contributed by atoms with E-state index in [2.05, 4.69) is 4.90 Å². The highest BCUT2D eigenvalue weighted by Crippen LogP contribution is 2.17. The van der Waals surface area contributed by atoms with Gasteiger partial charge in [-0.3, -0.25) is 4.79 Å². The smallest absolute Gasteiger partial charge is 0.157 e. The first-order valence-electron chi connectivity index (χ1n) is 4.94. The highest BCUT2D eigenvalue weighted by atomic mass is 16.7. The van der Waals surface area contributed by atoms with Crippen molar-refractivity contribution in [3.05, 3.63) is 0 Å². The number of hydrogen-bond acceptors (Lipinski definition) is 4. The Bertz CT molecular complexity index is 186. The van der Waals surface area contributed by atoms with Gasteiger partial charge >= 0.3 is 0 Å². The van der Waals surface area contributed by atoms with Crippen molar-refractivity contribution in [1.82, 2.24) is 4.90 Å². The summed E-state index contributed by atoms with van der Waals surface area (Å²) in [6.07, 6.45) is 0.980. The number of rotatable bonds is 6. The molecule has 0 amide bonds. The van der Waals surface area contributed by atoms with Gasteiger partial charge in [0.15, 0.2) is 6.29 Å². The molecule has 1 aliphatic heterocycles. The maximum absolute atomic E-state index is 11.6. The van der Waals surface area contributed by atoms with Gasteiger partial charge in [0.1, 0.15) is 5.78 Å². The standard InChI is InChI=1S/C10H19NO3/c1-11-6-8(7-11)9(12)4-5-10(13-2)14-3/h8,10H,4-7H2,1-3H3. The van der Waals surface area contributed by atoms with Gasteiger partial charge in [0.2, 0.25) is 0 Å². The Kier molecular flexibility index (Phi) is 4.51. The molecule has 1 heterocycles. The summed E-state index contributed by atoms with van der Waals surface area (Å²) in [5, 5.41) is 0. The zero-order valence-electron chi connectivity index (χ0n) is 9.16. The van der Waals surface area contributed by atoms with E-state index >= 15 is 0 Å². The van der Waals surface area contributed by atoms with E-state index in [9.17, 15) is 4.79 Å². The van der Waals surface area contributed by atoms with Crippen molar-refractivity contribution in [1.29, 1.82) is 0 Å². The number of hydrogen-bond donors (Lipinski definition) is 0. The molecule has 0 bridgehead atoms. The summed E-state index contributed by atoms with van der Waals surface area (Å²) in [7, 11) is 5.21. The second-order valence-corrected chi connectivity index (χ2v) is 3.82. The largest absolute Gasteiger partial charge is 0.356 e. The number of carbonyl (C=O) groups is 1. The predicted octanol–water partition coefficient (Wildman–Crippen LogP) is 0.516. The molecule has 0 radical (unpaired) electrons. The molecule has 4 nitrogen and oxygen atoms in total. The zero-order chi connectivity index (χ0) is 10.6. The molecule has 1 saturated heterocycles. The van der Waals surface area contributed by atoms with Gasteiger partial charge in [-0.05, 0) is 7.05 Å². The molecule has 0 saturated carbocycles. The summed E-state index contributed by atoms with van der Waals surface area (Å²) in [4.78, 5) is 13.7. The highest BCUT2D eigenvalue weighted by molar-refractivity contribution is 5.82. The van der Waals surface area contributed by atoms with Crippen molar-refractivity contribution >= 4 is 5.78 Å². The van der Waals surface area contributed by atoms with E-state index in [1.165, 1.54) is 0 Å². The van der Waals surface area contributed by atoms with Gasteiger partial charge in [0.25, 0.3) is 0 Å². The van der Waals surface area contributed by atoms with Crippen LogP contribution in [0.3, 0.4) is 0 Å². The van der Waals surface area contributed by atoms with Crippen LogP contribution >= 0.6 is 0 Å². The summed E-state index contributed by atoms with van der Waals surface area (Å²) in [5.74, 6) is 0.580. The first kappa shape index (κ1) is 11.6. The Morgan fingerprint density at radius 1 is 1.43 bits per heavy atom. The van der Waals surface area contributed by atoms with Gasteiger partial charge < -0.3 is 14.4 Å². The Morgan fingerprint density at radius 3 is 2.43 bits per heavy atom. The molecule has 82 valence electrons. The molecule has 0 N–H and O–H groups in total. The molecule has 0 spiro atoms. The number of carbonyl (C=O) groups excluding carboxylic acids is 1. The second-order valence-electron chi connectivity index (χ2n) is 3.82. The lowest BCUT2D eigenvalue weighted by molar-refractivity contribution is -0.133. The summed E-state index contributed by atoms with van der Waals surface area (Å²) < 4.78 is 10.0. The molecule has 1 fully saturated rings. The van der Waals surface area contributed by atoms with E-state index in [0.717, 1.165) is 13.1 Å². The van der Waals surface area contributed by atoms with Crippen LogP contribution in [0.5, 0.6) is 0 Å². The Balaban J connectivity index is 2.14. The van der Waals surface area contributed by atoms with Crippen LogP contribution in [-0.4, -0.2) is 51.3 Å². The minimum absolute atomic E-state index is 0.239. The average Bonchev–Trinajstić information content (AvgIpc) is 2.14. The maximum Gasteiger partial charge on any atom is 0.157 e. The van der Waals surface area contributed by atoms with Crippen LogP contribution < -0.4 is 0 Å². The van der Waals surface area contributed by atoms with Crippen molar-refractivity contribution in [2.24, 2.45) is 5.92 Å². The third kappa shape index (κ3) is 3.04. The molecule has 0 atom stereocenters. The molecule has 4 heteroatoms. The summed E-state index contributed by atoms with van der Waals surface area (Å²) in [5.41, 5.74) is 0. The predicted molar refractivity (Wildman–Crippen MR) is 53.0 cm³/mol. The van der Waals surface area contributed by atoms with Crippen LogP contribution in [0, 0.1) is 5.92 Å². The molecule has 0 aromatic rings. The first-order valence-corrected chi connectivity index (χ1v) is 4.94. The van der Waals surface area contributed by atoms with Gasteiger partial charge in [-0.2, -0.15) is 0 Å². The number of Topliss-reactive ketones (excluding diaryl/α,β-unsaturated/α-hetero) is 1. The van der Waals surface area contributed by atoms with E-state index in [4.69, 9.17) is 9.47 Å². The molecular formula is C10H19NO3. The Labute approximate surface area is 85.2 Å². The molecule has 0 aliphatic carbocycles. The Morgan fingerprint density at radius 2 is 2.00 bits per heavy atom. The number of methoxy groups -OCH3 is 2. The van der Waals surface area contributed by atoms with E-state index in [-0.39, 0.29) is 12.2 Å². The first-order chi connectivity index (χ1) is 6.67. The monoisotopic (exact) mass is 201 g/mol. The third-order valence-corrected chi connectivity index (χ3v) is 2.67. The lowest BCUT2D eigenvalue weighted by Crippen LogP contribution is -2.47. The van der Waals surface area contributed by atoms with Crippen molar-refractivity contribution in [3.63, 3.8) is 0 Å². The van der Waals surface area contributed by atoms with Gasteiger partial charge in [-0.1, -0.05) is 0 Å². The van der Waals surface area contributed by atoms with Crippen LogP contribution in [-0.2, 0) is 14.3 Å². The Hall–Kier alpha value is -0.450. The SMILES string of the molecule is COC(CCC(=O)C1CN(C)C1)OC. The normalized spacial score (nSPS) is 18.6. The van der Waals surface area contributed by atoms with Crippen molar-refractivity contribution in [2.75, 3.05) is 34.4 Å². The van der Waals surface area contributed by atoms with E-state index in [0.29, 0.717) is 18.6 Å². The number of ether oxygens (including phenoxy) is 2. The lowest BCUT2D eigenvalue weighted by atomic mass is 9.93. The van der Waals surface area contributed by atoms with E-state index < -0.39 is 0 Å². The fraction of sp³-hybridized carbons (Fsp3) is 0.900. The topological polar surface area (TPSA) is 38.8 Å². The van der Waals surface area contributed by atoms with Crippen LogP contribution in [0.15, 0.2) is 0 Å². The van der Waals surface area contributed by atoms with E-state index in [1.54, 1.807) is 14.2 Å². The van der Waals surface area contributed by atoms with Crippen LogP contribution in [0.1, 0.15) is 12.8 Å². The second kappa shape index (κ2) is 5.44. The van der Waals surface area contributed by atoms with Crippen molar-refractivity contribution < 1.29 is 14.3 Å². The minimum Gasteiger partial charge on any atom is -0.356 e. The fourth-order valence-electron chi connectivity index (χ4n) is 1.70. The molecule has 1 aliphatic rings. The number of likely N-dealkylation sites (tertiary alicyclic amines) is 1. The molecule has 14 heavy (non-hydrogen) atoms. The summed E-state index contributed by atoms with van der Waals surface area (Å²) in [6, 6.07) is 0. The highest BCUT2D eigenvalue weighted by Gasteiger charge is 2.29. The number of ketones is 1. The zero-order valence-corrected chi connectivity index (χ0v) is 9.16. The van der Waals surface area contributed by atoms with Gasteiger partial charge in [0, 0.05) is 46.1 Å². The third-order valence-electron chi connectivity index (χ3n) is 2.67. The fourth-order valence-corrected chi connectivity index (χ4v) is 1.70. The molecular weight excluding hydrogens is 182 g/mol. The quantitative estimate of drug-likeness (QED) is 0.587. The lowest BCUT2D eigenvalue weighted by Gasteiger charge is -2.35. The molecule has 0 aromatic heterocycles. The molecule has 1 rings (SSSR count). The maximum atomic E-state index is 11.6. The van der Waals surface area contributed by atoms with Gasteiger partial charge in [0.05, 0.1) is 0 Å². The summed E-state index contributed by atoms with van der Waals surface area (Å²) in [6.45, 7) is 1.81. The molecule has 0 aromatic carbocycles. The van der Waals surface area contributed by atoms with Crippen LogP contribution in [0.4, 0.5) is 0 Å². The van der Waals surface area contributed by atoms with Gasteiger partial charge in [-0.15, -0.1) is 0 Å². The van der Waals surface area contributed by atoms with Gasteiger partial charge in [-0.25, -0.2) is 0 Å². The van der Waals surface area contributed by atoms with Crippen LogP contribution in [0.2, 0.25) is 0 Å². The number of nitrogens with zero attached hydrogens (tertiary/aromatic N) is 1. The van der Waals surface area contributed by atoms with Crippen LogP contribution in [0.25, 0.3) is 0 Å².